The van der Waals surface area contributed by atoms with Crippen molar-refractivity contribution in [3.8, 4) is 22.3 Å². The SMILES string of the molecule is Nc1ccccc1.c1ccc2c(c1)-c1cccc3cccc-2c13. The molecular weight excluding hydrogens is 278 g/mol. The molecule has 0 aromatic heterocycles. The van der Waals surface area contributed by atoms with E-state index < -0.39 is 0 Å². The normalized spacial score (nSPS) is 10.8. The van der Waals surface area contributed by atoms with Gasteiger partial charge in [0.1, 0.15) is 0 Å². The van der Waals surface area contributed by atoms with Crippen LogP contribution in [0.15, 0.2) is 91.0 Å². The Labute approximate surface area is 136 Å². The van der Waals surface area contributed by atoms with E-state index in [0.29, 0.717) is 0 Å². The second kappa shape index (κ2) is 5.62. The Morgan fingerprint density at radius 1 is 0.435 bits per heavy atom. The predicted molar refractivity (Wildman–Crippen MR) is 99.2 cm³/mol. The predicted octanol–water partition coefficient (Wildman–Crippen LogP) is 5.76. The third-order valence-corrected chi connectivity index (χ3v) is 4.21. The lowest BCUT2D eigenvalue weighted by Crippen LogP contribution is -1.79. The summed E-state index contributed by atoms with van der Waals surface area (Å²) in [6, 6.07) is 31.2. The van der Waals surface area contributed by atoms with Crippen LogP contribution in [0.3, 0.4) is 0 Å². The van der Waals surface area contributed by atoms with Crippen molar-refractivity contribution >= 4 is 16.5 Å². The summed E-state index contributed by atoms with van der Waals surface area (Å²) in [7, 11) is 0. The van der Waals surface area contributed by atoms with Crippen molar-refractivity contribution < 1.29 is 0 Å². The Bertz CT molecular complexity index is 914. The van der Waals surface area contributed by atoms with Gasteiger partial charge in [-0.1, -0.05) is 78.9 Å². The van der Waals surface area contributed by atoms with Crippen LogP contribution in [0.25, 0.3) is 33.0 Å². The van der Waals surface area contributed by atoms with Crippen molar-refractivity contribution in [1.29, 1.82) is 0 Å². The summed E-state index contributed by atoms with van der Waals surface area (Å²) in [5.41, 5.74) is 11.7. The lowest BCUT2D eigenvalue weighted by atomic mass is 10.0. The van der Waals surface area contributed by atoms with Gasteiger partial charge in [-0.25, -0.2) is 0 Å². The molecule has 0 spiro atoms. The first-order chi connectivity index (χ1) is 11.3. The molecule has 0 radical (unpaired) electrons. The number of rotatable bonds is 0. The fourth-order valence-corrected chi connectivity index (χ4v) is 3.20. The van der Waals surface area contributed by atoms with Gasteiger partial charge in [0, 0.05) is 5.69 Å². The second-order valence-corrected chi connectivity index (χ2v) is 5.67. The van der Waals surface area contributed by atoms with E-state index in [0.717, 1.165) is 5.69 Å². The topological polar surface area (TPSA) is 26.0 Å². The van der Waals surface area contributed by atoms with Crippen molar-refractivity contribution in [1.82, 2.24) is 0 Å². The second-order valence-electron chi connectivity index (χ2n) is 5.67. The van der Waals surface area contributed by atoms with Crippen molar-refractivity contribution in [2.45, 2.75) is 0 Å². The molecule has 1 heteroatoms. The molecule has 1 aliphatic carbocycles. The maximum Gasteiger partial charge on any atom is 0.0313 e. The third-order valence-electron chi connectivity index (χ3n) is 4.21. The number of benzene rings is 4. The molecule has 4 aromatic rings. The lowest BCUT2D eigenvalue weighted by molar-refractivity contribution is 1.69. The van der Waals surface area contributed by atoms with Crippen LogP contribution >= 0.6 is 0 Å². The highest BCUT2D eigenvalue weighted by Gasteiger charge is 2.19. The van der Waals surface area contributed by atoms with Gasteiger partial charge >= 0.3 is 0 Å². The van der Waals surface area contributed by atoms with Gasteiger partial charge in [0.25, 0.3) is 0 Å². The Kier molecular flexibility index (Phi) is 3.32. The molecule has 0 amide bonds. The first-order valence-electron chi connectivity index (χ1n) is 7.76. The molecule has 23 heavy (non-hydrogen) atoms. The highest BCUT2D eigenvalue weighted by molar-refractivity contribution is 6.15. The Balaban J connectivity index is 0.000000164. The van der Waals surface area contributed by atoms with Gasteiger partial charge in [-0.05, 0) is 45.2 Å². The number of nitrogens with two attached hydrogens (primary N) is 1. The summed E-state index contributed by atoms with van der Waals surface area (Å²) in [5, 5.41) is 2.75. The molecule has 110 valence electrons. The van der Waals surface area contributed by atoms with Crippen LogP contribution in [0.2, 0.25) is 0 Å². The van der Waals surface area contributed by atoms with Crippen LogP contribution < -0.4 is 5.73 Å². The summed E-state index contributed by atoms with van der Waals surface area (Å²) in [4.78, 5) is 0. The van der Waals surface area contributed by atoms with Crippen LogP contribution in [-0.4, -0.2) is 0 Å². The molecule has 4 aromatic carbocycles. The molecule has 0 heterocycles. The van der Waals surface area contributed by atoms with Gasteiger partial charge < -0.3 is 5.73 Å². The van der Waals surface area contributed by atoms with Crippen LogP contribution in [0.5, 0.6) is 0 Å². The highest BCUT2D eigenvalue weighted by atomic mass is 14.5. The molecule has 1 nitrogen and oxygen atoms in total. The first-order valence-corrected chi connectivity index (χ1v) is 7.76. The van der Waals surface area contributed by atoms with Crippen molar-refractivity contribution in [2.24, 2.45) is 0 Å². The van der Waals surface area contributed by atoms with Gasteiger partial charge in [0.2, 0.25) is 0 Å². The van der Waals surface area contributed by atoms with Crippen molar-refractivity contribution in [2.75, 3.05) is 5.73 Å². The Hall–Kier alpha value is -3.06. The number of hydrogen-bond acceptors (Lipinski definition) is 1. The fourth-order valence-electron chi connectivity index (χ4n) is 3.20. The van der Waals surface area contributed by atoms with Crippen LogP contribution in [-0.2, 0) is 0 Å². The molecular formula is C22H17N. The minimum Gasteiger partial charge on any atom is -0.399 e. The zero-order valence-corrected chi connectivity index (χ0v) is 12.7. The van der Waals surface area contributed by atoms with E-state index in [1.165, 1.54) is 33.0 Å². The van der Waals surface area contributed by atoms with E-state index in [1.54, 1.807) is 0 Å². The van der Waals surface area contributed by atoms with E-state index in [2.05, 4.69) is 60.7 Å². The maximum absolute atomic E-state index is 5.36. The quantitative estimate of drug-likeness (QED) is 0.361. The van der Waals surface area contributed by atoms with Crippen molar-refractivity contribution in [3.05, 3.63) is 91.0 Å². The summed E-state index contributed by atoms with van der Waals surface area (Å²) < 4.78 is 0. The lowest BCUT2D eigenvalue weighted by Gasteiger charge is -2.00. The summed E-state index contributed by atoms with van der Waals surface area (Å²) >= 11 is 0. The molecule has 0 bridgehead atoms. The molecule has 0 atom stereocenters. The van der Waals surface area contributed by atoms with E-state index in [-0.39, 0.29) is 0 Å². The van der Waals surface area contributed by atoms with Crippen LogP contribution in [0, 0.1) is 0 Å². The number of hydrogen-bond donors (Lipinski definition) is 1. The standard InChI is InChI=1S/C16H10.C6H7N/c1-2-8-13-12(7-1)14-9-3-5-11-6-4-10-15(13)16(11)14;7-6-4-2-1-3-5-6/h1-10H;1-5H,7H2. The first kappa shape index (κ1) is 13.6. The van der Waals surface area contributed by atoms with Gasteiger partial charge in [-0.2, -0.15) is 0 Å². The molecule has 1 aliphatic rings. The summed E-state index contributed by atoms with van der Waals surface area (Å²) in [5.74, 6) is 0. The van der Waals surface area contributed by atoms with Gasteiger partial charge in [0.05, 0.1) is 0 Å². The molecule has 0 aliphatic heterocycles. The number of nitrogen functional groups attached to an aromatic ring is 1. The number of fused-ring (bicyclic) bond motifs is 3. The highest BCUT2D eigenvalue weighted by Crippen LogP contribution is 2.46. The molecule has 0 fully saturated rings. The monoisotopic (exact) mass is 295 g/mol. The smallest absolute Gasteiger partial charge is 0.0313 e. The van der Waals surface area contributed by atoms with Gasteiger partial charge in [0.15, 0.2) is 0 Å². The Morgan fingerprint density at radius 2 is 0.913 bits per heavy atom. The Morgan fingerprint density at radius 3 is 1.39 bits per heavy atom. The average molecular weight is 295 g/mol. The molecule has 0 unspecified atom stereocenters. The van der Waals surface area contributed by atoms with Crippen molar-refractivity contribution in [3.63, 3.8) is 0 Å². The largest absolute Gasteiger partial charge is 0.399 e. The average Bonchev–Trinajstić information content (AvgIpc) is 2.93. The summed E-state index contributed by atoms with van der Waals surface area (Å²) in [6.45, 7) is 0. The van der Waals surface area contributed by atoms with Gasteiger partial charge in [-0.15, -0.1) is 0 Å². The zero-order valence-electron chi connectivity index (χ0n) is 12.7. The number of anilines is 1. The van der Waals surface area contributed by atoms with E-state index in [4.69, 9.17) is 5.73 Å². The minimum atomic E-state index is 0.822. The van der Waals surface area contributed by atoms with Gasteiger partial charge in [-0.3, -0.25) is 0 Å². The van der Waals surface area contributed by atoms with Crippen LogP contribution in [0.4, 0.5) is 5.69 Å². The maximum atomic E-state index is 5.36. The van der Waals surface area contributed by atoms with Crippen LogP contribution in [0.1, 0.15) is 0 Å². The van der Waals surface area contributed by atoms with E-state index in [9.17, 15) is 0 Å². The summed E-state index contributed by atoms with van der Waals surface area (Å²) in [6.07, 6.45) is 0. The molecule has 5 rings (SSSR count). The minimum absolute atomic E-state index is 0.822. The fraction of sp³-hybridized carbons (Fsp3) is 0. The molecule has 0 saturated heterocycles. The molecule has 0 saturated carbocycles. The van der Waals surface area contributed by atoms with E-state index in [1.807, 2.05) is 30.3 Å². The number of para-hydroxylation sites is 1. The zero-order chi connectivity index (χ0) is 15.6. The molecule has 2 N–H and O–H groups in total. The van der Waals surface area contributed by atoms with E-state index >= 15 is 0 Å². The third kappa shape index (κ3) is 2.36.